The summed E-state index contributed by atoms with van der Waals surface area (Å²) in [6.45, 7) is -0.00854. The maximum atomic E-state index is 11.2. The van der Waals surface area contributed by atoms with Crippen molar-refractivity contribution < 1.29 is 9.53 Å². The Hall–Kier alpha value is -1.39. The highest BCUT2D eigenvalue weighted by molar-refractivity contribution is 5.92. The number of carbonyl (C=O) groups is 1. The van der Waals surface area contributed by atoms with E-state index in [1.54, 1.807) is 12.1 Å². The average molecular weight is 180 g/mol. The molecule has 2 N–H and O–H groups in total. The van der Waals surface area contributed by atoms with Crippen molar-refractivity contribution in [2.45, 2.75) is 0 Å². The summed E-state index contributed by atoms with van der Waals surface area (Å²) in [5.41, 5.74) is 0.657. The Balaban J connectivity index is 2.68. The molecule has 0 atom stereocenters. The number of rotatable bonds is 3. The Morgan fingerprint density at radius 3 is 2.62 bits per heavy atom. The van der Waals surface area contributed by atoms with Gasteiger partial charge in [-0.2, -0.15) is 0 Å². The summed E-state index contributed by atoms with van der Waals surface area (Å²) in [5, 5.41) is 1.07. The molecule has 0 radical (unpaired) electrons. The van der Waals surface area contributed by atoms with Crippen LogP contribution in [0.2, 0.25) is 0 Å². The highest BCUT2D eigenvalue weighted by Crippen LogP contribution is 2.08. The Bertz CT molecular complexity index is 274. The van der Waals surface area contributed by atoms with E-state index >= 15 is 0 Å². The molecule has 0 bridgehead atoms. The summed E-state index contributed by atoms with van der Waals surface area (Å²) in [6, 6.07) is 9.00. The number of benzene rings is 1. The fraction of sp³-hybridized carbons (Fsp3) is 0.222. The van der Waals surface area contributed by atoms with Gasteiger partial charge in [0.2, 0.25) is 0 Å². The molecule has 1 aromatic rings. The minimum absolute atomic E-state index is 0.00854. The Kier molecular flexibility index (Phi) is 3.42. The molecule has 0 heterocycles. The van der Waals surface area contributed by atoms with Gasteiger partial charge in [0.05, 0.1) is 5.69 Å². The van der Waals surface area contributed by atoms with Crippen LogP contribution >= 0.6 is 0 Å². The molecule has 0 aliphatic heterocycles. The highest BCUT2D eigenvalue weighted by atomic mass is 16.5. The number of nitrogens with two attached hydrogens (primary N) is 1. The van der Waals surface area contributed by atoms with Crippen molar-refractivity contribution in [3.05, 3.63) is 30.3 Å². The molecular formula is C9H12N2O2. The fourth-order valence-electron chi connectivity index (χ4n) is 0.926. The van der Waals surface area contributed by atoms with Crippen molar-refractivity contribution in [3.63, 3.8) is 0 Å². The lowest BCUT2D eigenvalue weighted by Gasteiger charge is -2.15. The van der Waals surface area contributed by atoms with E-state index in [9.17, 15) is 4.79 Å². The molecule has 0 spiro atoms. The Morgan fingerprint density at radius 2 is 2.08 bits per heavy atom. The highest BCUT2D eigenvalue weighted by Gasteiger charge is 2.09. The first-order chi connectivity index (χ1) is 6.25. The molecule has 0 aliphatic rings. The van der Waals surface area contributed by atoms with Gasteiger partial charge in [-0.05, 0) is 12.1 Å². The molecule has 0 saturated heterocycles. The van der Waals surface area contributed by atoms with E-state index < -0.39 is 0 Å². The lowest BCUT2D eigenvalue weighted by Crippen LogP contribution is -2.39. The van der Waals surface area contributed by atoms with Crippen LogP contribution in [-0.2, 0) is 9.53 Å². The van der Waals surface area contributed by atoms with E-state index in [4.69, 9.17) is 5.84 Å². The van der Waals surface area contributed by atoms with Gasteiger partial charge in [0.25, 0.3) is 5.91 Å². The molecule has 0 saturated carbocycles. The zero-order valence-electron chi connectivity index (χ0n) is 7.43. The third-order valence-corrected chi connectivity index (χ3v) is 1.57. The molecule has 1 amide bonds. The predicted molar refractivity (Wildman–Crippen MR) is 50.0 cm³/mol. The van der Waals surface area contributed by atoms with Crippen molar-refractivity contribution >= 4 is 11.6 Å². The SMILES string of the molecule is COCC(=O)N(N)c1ccccc1. The Morgan fingerprint density at radius 1 is 1.46 bits per heavy atom. The lowest BCUT2D eigenvalue weighted by molar-refractivity contribution is -0.122. The van der Waals surface area contributed by atoms with E-state index in [0.29, 0.717) is 5.69 Å². The number of ether oxygens (including phenoxy) is 1. The van der Waals surface area contributed by atoms with Crippen molar-refractivity contribution in [2.24, 2.45) is 5.84 Å². The van der Waals surface area contributed by atoms with Crippen LogP contribution in [0.25, 0.3) is 0 Å². The molecule has 0 fully saturated rings. The Labute approximate surface area is 76.9 Å². The van der Waals surface area contributed by atoms with Crippen LogP contribution in [0.15, 0.2) is 30.3 Å². The van der Waals surface area contributed by atoms with Gasteiger partial charge in [-0.3, -0.25) is 4.79 Å². The summed E-state index contributed by atoms with van der Waals surface area (Å²) in [6.07, 6.45) is 0. The van der Waals surface area contributed by atoms with Crippen LogP contribution in [-0.4, -0.2) is 19.6 Å². The second-order valence-corrected chi connectivity index (χ2v) is 2.53. The minimum Gasteiger partial charge on any atom is -0.375 e. The molecule has 4 nitrogen and oxygen atoms in total. The van der Waals surface area contributed by atoms with Crippen molar-refractivity contribution in [2.75, 3.05) is 18.7 Å². The normalized spacial score (nSPS) is 9.69. The summed E-state index contributed by atoms with van der Waals surface area (Å²) >= 11 is 0. The van der Waals surface area contributed by atoms with Crippen LogP contribution in [0.3, 0.4) is 0 Å². The van der Waals surface area contributed by atoms with Gasteiger partial charge in [0.15, 0.2) is 0 Å². The third-order valence-electron chi connectivity index (χ3n) is 1.57. The van der Waals surface area contributed by atoms with Gasteiger partial charge in [0, 0.05) is 7.11 Å². The van der Waals surface area contributed by atoms with E-state index in [2.05, 4.69) is 4.74 Å². The molecule has 1 aromatic carbocycles. The number of hydrogen-bond donors (Lipinski definition) is 1. The molecule has 70 valence electrons. The fourth-order valence-corrected chi connectivity index (χ4v) is 0.926. The second-order valence-electron chi connectivity index (χ2n) is 2.53. The molecule has 0 aliphatic carbocycles. The van der Waals surface area contributed by atoms with E-state index in [-0.39, 0.29) is 12.5 Å². The lowest BCUT2D eigenvalue weighted by atomic mass is 10.3. The number of para-hydroxylation sites is 1. The molecule has 0 aromatic heterocycles. The minimum atomic E-state index is -0.270. The maximum Gasteiger partial charge on any atom is 0.267 e. The maximum absolute atomic E-state index is 11.2. The second kappa shape index (κ2) is 4.59. The summed E-state index contributed by atoms with van der Waals surface area (Å²) in [7, 11) is 1.46. The monoisotopic (exact) mass is 180 g/mol. The van der Waals surface area contributed by atoms with Crippen molar-refractivity contribution in [3.8, 4) is 0 Å². The first kappa shape index (κ1) is 9.70. The average Bonchev–Trinajstić information content (AvgIpc) is 2.18. The van der Waals surface area contributed by atoms with Gasteiger partial charge in [0.1, 0.15) is 6.61 Å². The molecule has 4 heteroatoms. The van der Waals surface area contributed by atoms with Crippen LogP contribution in [0, 0.1) is 0 Å². The summed E-state index contributed by atoms with van der Waals surface area (Å²) in [4.78, 5) is 11.2. The van der Waals surface area contributed by atoms with Crippen LogP contribution in [0.4, 0.5) is 5.69 Å². The first-order valence-electron chi connectivity index (χ1n) is 3.87. The number of amides is 1. The number of hydrazine groups is 1. The number of carbonyl (C=O) groups excluding carboxylic acids is 1. The van der Waals surface area contributed by atoms with Crippen molar-refractivity contribution in [1.82, 2.24) is 0 Å². The smallest absolute Gasteiger partial charge is 0.267 e. The molecular weight excluding hydrogens is 168 g/mol. The standard InChI is InChI=1S/C9H12N2O2/c1-13-7-9(12)11(10)8-5-3-2-4-6-8/h2-6H,7,10H2,1H3. The van der Waals surface area contributed by atoms with Crippen LogP contribution in [0.5, 0.6) is 0 Å². The quantitative estimate of drug-likeness (QED) is 0.419. The summed E-state index contributed by atoms with van der Waals surface area (Å²) in [5.74, 6) is 5.26. The largest absolute Gasteiger partial charge is 0.375 e. The topological polar surface area (TPSA) is 55.6 Å². The van der Waals surface area contributed by atoms with Gasteiger partial charge in [-0.25, -0.2) is 10.9 Å². The molecule has 0 unspecified atom stereocenters. The number of methoxy groups -OCH3 is 1. The van der Waals surface area contributed by atoms with E-state index in [1.165, 1.54) is 7.11 Å². The molecule has 1 rings (SSSR count). The zero-order chi connectivity index (χ0) is 9.68. The first-order valence-corrected chi connectivity index (χ1v) is 3.87. The van der Waals surface area contributed by atoms with Crippen LogP contribution in [0.1, 0.15) is 0 Å². The predicted octanol–water partition coefficient (Wildman–Crippen LogP) is 0.540. The number of hydrogen-bond acceptors (Lipinski definition) is 3. The number of nitrogens with zero attached hydrogens (tertiary/aromatic N) is 1. The van der Waals surface area contributed by atoms with Crippen molar-refractivity contribution in [1.29, 1.82) is 0 Å². The van der Waals surface area contributed by atoms with Gasteiger partial charge in [-0.15, -0.1) is 0 Å². The van der Waals surface area contributed by atoms with Gasteiger partial charge in [-0.1, -0.05) is 18.2 Å². The van der Waals surface area contributed by atoms with Crippen LogP contribution < -0.4 is 10.9 Å². The zero-order valence-corrected chi connectivity index (χ0v) is 7.43. The van der Waals surface area contributed by atoms with Gasteiger partial charge >= 0.3 is 0 Å². The summed E-state index contributed by atoms with van der Waals surface area (Å²) < 4.78 is 4.68. The van der Waals surface area contributed by atoms with E-state index in [0.717, 1.165) is 5.01 Å². The number of anilines is 1. The van der Waals surface area contributed by atoms with E-state index in [1.807, 2.05) is 18.2 Å². The third kappa shape index (κ3) is 2.54. The van der Waals surface area contributed by atoms with Gasteiger partial charge < -0.3 is 4.74 Å². The molecule has 13 heavy (non-hydrogen) atoms.